The van der Waals surface area contributed by atoms with Gasteiger partial charge in [-0.3, -0.25) is 14.2 Å². The van der Waals surface area contributed by atoms with Crippen LogP contribution in [0.4, 0.5) is 5.69 Å². The molecule has 0 aliphatic carbocycles. The van der Waals surface area contributed by atoms with E-state index in [9.17, 15) is 4.79 Å². The monoisotopic (exact) mass is 455 g/mol. The minimum absolute atomic E-state index is 0.257. The van der Waals surface area contributed by atoms with Crippen LogP contribution < -0.4 is 5.32 Å². The zero-order valence-corrected chi connectivity index (χ0v) is 17.4. The second kappa shape index (κ2) is 7.42. The van der Waals surface area contributed by atoms with Gasteiger partial charge in [0, 0.05) is 17.1 Å². The van der Waals surface area contributed by atoms with Crippen molar-refractivity contribution in [2.45, 2.75) is 20.4 Å². The summed E-state index contributed by atoms with van der Waals surface area (Å²) >= 11 is 15.5. The van der Waals surface area contributed by atoms with Crippen LogP contribution in [0.2, 0.25) is 10.0 Å². The summed E-state index contributed by atoms with van der Waals surface area (Å²) in [4.78, 5) is 12.6. The number of halogens is 3. The fraction of sp³-hybridized carbons (Fsp3) is 0.235. The molecule has 0 saturated heterocycles. The average molecular weight is 457 g/mol. The number of benzene rings is 1. The molecule has 3 rings (SSSR count). The van der Waals surface area contributed by atoms with E-state index < -0.39 is 0 Å². The Labute approximate surface area is 169 Å². The summed E-state index contributed by atoms with van der Waals surface area (Å²) in [6.45, 7) is 4.23. The first kappa shape index (κ1) is 18.9. The highest BCUT2D eigenvalue weighted by Crippen LogP contribution is 2.26. The maximum atomic E-state index is 12.6. The van der Waals surface area contributed by atoms with Crippen molar-refractivity contribution in [3.63, 3.8) is 0 Å². The predicted octanol–water partition coefficient (Wildman–Crippen LogP) is 4.60. The number of nitrogens with zero attached hydrogens (tertiary/aromatic N) is 4. The molecule has 1 aromatic carbocycles. The molecule has 1 N–H and O–H groups in total. The predicted molar refractivity (Wildman–Crippen MR) is 106 cm³/mol. The molecule has 0 saturated carbocycles. The highest BCUT2D eigenvalue weighted by Gasteiger charge is 2.20. The van der Waals surface area contributed by atoms with E-state index in [1.807, 2.05) is 19.9 Å². The molecule has 3 aromatic rings. The molecule has 1 amide bonds. The quantitative estimate of drug-likeness (QED) is 0.623. The Kier molecular flexibility index (Phi) is 5.41. The lowest BCUT2D eigenvalue weighted by molar-refractivity contribution is 0.101. The molecular weight excluding hydrogens is 441 g/mol. The third-order valence-electron chi connectivity index (χ3n) is 4.06. The number of rotatable bonds is 4. The summed E-state index contributed by atoms with van der Waals surface area (Å²) in [7, 11) is 1.71. The first-order valence-corrected chi connectivity index (χ1v) is 9.29. The number of hydrogen-bond donors (Lipinski definition) is 1. The molecule has 0 spiro atoms. The average Bonchev–Trinajstić information content (AvgIpc) is 3.03. The van der Waals surface area contributed by atoms with Crippen molar-refractivity contribution < 1.29 is 4.79 Å². The second-order valence-corrected chi connectivity index (χ2v) is 7.56. The molecule has 0 fully saturated rings. The molecule has 9 heteroatoms. The van der Waals surface area contributed by atoms with E-state index in [2.05, 4.69) is 31.4 Å². The smallest absolute Gasteiger partial charge is 0.275 e. The molecule has 0 radical (unpaired) electrons. The van der Waals surface area contributed by atoms with Crippen LogP contribution in [-0.2, 0) is 13.6 Å². The Balaban J connectivity index is 1.87. The molecule has 6 nitrogen and oxygen atoms in total. The van der Waals surface area contributed by atoms with Crippen molar-refractivity contribution in [3.05, 3.63) is 61.6 Å². The van der Waals surface area contributed by atoms with Crippen LogP contribution in [-0.4, -0.2) is 25.5 Å². The maximum absolute atomic E-state index is 12.6. The van der Waals surface area contributed by atoms with Crippen LogP contribution in [0.25, 0.3) is 0 Å². The molecule has 0 aliphatic heterocycles. The SMILES string of the molecule is Cc1nn(Cc2ccc(Cl)cc2Cl)c(C)c1NC(=O)c1c(Br)cnn1C. The number of nitrogens with one attached hydrogen (secondary N) is 1. The number of anilines is 1. The Morgan fingerprint density at radius 1 is 1.31 bits per heavy atom. The molecule has 2 heterocycles. The minimum atomic E-state index is -0.257. The topological polar surface area (TPSA) is 64.7 Å². The zero-order valence-electron chi connectivity index (χ0n) is 14.3. The highest BCUT2D eigenvalue weighted by molar-refractivity contribution is 9.10. The molecule has 26 heavy (non-hydrogen) atoms. The minimum Gasteiger partial charge on any atom is -0.317 e. The molecular formula is C17H16BrCl2N5O. The normalized spacial score (nSPS) is 11.0. The number of carbonyl (C=O) groups is 1. The first-order valence-electron chi connectivity index (χ1n) is 7.74. The van der Waals surface area contributed by atoms with E-state index in [-0.39, 0.29) is 5.91 Å². The Bertz CT molecular complexity index is 976. The van der Waals surface area contributed by atoms with Crippen LogP contribution in [0, 0.1) is 13.8 Å². The highest BCUT2D eigenvalue weighted by atomic mass is 79.9. The van der Waals surface area contributed by atoms with E-state index in [1.165, 1.54) is 4.68 Å². The van der Waals surface area contributed by atoms with Crippen LogP contribution in [0.5, 0.6) is 0 Å². The van der Waals surface area contributed by atoms with E-state index in [0.29, 0.717) is 32.4 Å². The first-order chi connectivity index (χ1) is 12.3. The zero-order chi connectivity index (χ0) is 19.0. The Hall–Kier alpha value is -1.83. The summed E-state index contributed by atoms with van der Waals surface area (Å²) in [5, 5.41) is 12.7. The lowest BCUT2D eigenvalue weighted by Gasteiger charge is -2.09. The largest absolute Gasteiger partial charge is 0.317 e. The van der Waals surface area contributed by atoms with Crippen LogP contribution in [0.15, 0.2) is 28.9 Å². The van der Waals surface area contributed by atoms with Gasteiger partial charge in [0.05, 0.1) is 34.3 Å². The van der Waals surface area contributed by atoms with Gasteiger partial charge in [-0.2, -0.15) is 10.2 Å². The number of aryl methyl sites for hydroxylation is 2. The summed E-state index contributed by atoms with van der Waals surface area (Å²) in [6.07, 6.45) is 1.58. The van der Waals surface area contributed by atoms with Gasteiger partial charge in [0.2, 0.25) is 0 Å². The Morgan fingerprint density at radius 3 is 2.65 bits per heavy atom. The fourth-order valence-electron chi connectivity index (χ4n) is 2.68. The Morgan fingerprint density at radius 2 is 2.04 bits per heavy atom. The summed E-state index contributed by atoms with van der Waals surface area (Å²) in [6, 6.07) is 5.36. The maximum Gasteiger partial charge on any atom is 0.275 e. The molecule has 0 unspecified atom stereocenters. The van der Waals surface area contributed by atoms with Crippen molar-refractivity contribution in [1.82, 2.24) is 19.6 Å². The summed E-state index contributed by atoms with van der Waals surface area (Å²) < 4.78 is 3.95. The van der Waals surface area contributed by atoms with E-state index in [1.54, 1.807) is 30.1 Å². The van der Waals surface area contributed by atoms with Crippen molar-refractivity contribution in [2.24, 2.45) is 7.05 Å². The fourth-order valence-corrected chi connectivity index (χ4v) is 3.68. The molecule has 0 bridgehead atoms. The lowest BCUT2D eigenvalue weighted by Crippen LogP contribution is -2.17. The van der Waals surface area contributed by atoms with Crippen LogP contribution in [0.3, 0.4) is 0 Å². The van der Waals surface area contributed by atoms with Gasteiger partial charge >= 0.3 is 0 Å². The number of carbonyl (C=O) groups excluding carboxylic acids is 1. The third kappa shape index (κ3) is 3.65. The number of aromatic nitrogens is 4. The van der Waals surface area contributed by atoms with Gasteiger partial charge in [-0.25, -0.2) is 0 Å². The molecule has 0 aliphatic rings. The molecule has 2 aromatic heterocycles. The van der Waals surface area contributed by atoms with Crippen molar-refractivity contribution in [3.8, 4) is 0 Å². The van der Waals surface area contributed by atoms with Gasteiger partial charge in [0.15, 0.2) is 0 Å². The molecule has 0 atom stereocenters. The van der Waals surface area contributed by atoms with Crippen molar-refractivity contribution in [2.75, 3.05) is 5.32 Å². The van der Waals surface area contributed by atoms with Gasteiger partial charge in [0.25, 0.3) is 5.91 Å². The van der Waals surface area contributed by atoms with Gasteiger partial charge in [-0.05, 0) is 47.5 Å². The third-order valence-corrected chi connectivity index (χ3v) is 5.23. The number of hydrogen-bond acceptors (Lipinski definition) is 3. The van der Waals surface area contributed by atoms with Gasteiger partial charge in [0.1, 0.15) is 5.69 Å². The van der Waals surface area contributed by atoms with E-state index >= 15 is 0 Å². The van der Waals surface area contributed by atoms with Crippen LogP contribution >= 0.6 is 39.1 Å². The molecule has 136 valence electrons. The van der Waals surface area contributed by atoms with E-state index in [4.69, 9.17) is 23.2 Å². The van der Waals surface area contributed by atoms with Crippen molar-refractivity contribution >= 4 is 50.7 Å². The lowest BCUT2D eigenvalue weighted by atomic mass is 10.2. The van der Waals surface area contributed by atoms with Gasteiger partial charge in [-0.1, -0.05) is 29.3 Å². The van der Waals surface area contributed by atoms with Crippen molar-refractivity contribution in [1.29, 1.82) is 0 Å². The standard InChI is InChI=1S/C17H16BrCl2N5O/c1-9-15(22-17(26)16-13(18)7-21-24(16)3)10(2)25(23-9)8-11-4-5-12(19)6-14(11)20/h4-7H,8H2,1-3H3,(H,22,26). The van der Waals surface area contributed by atoms with Gasteiger partial charge < -0.3 is 5.32 Å². The van der Waals surface area contributed by atoms with E-state index in [0.717, 1.165) is 17.0 Å². The van der Waals surface area contributed by atoms with Gasteiger partial charge in [-0.15, -0.1) is 0 Å². The summed E-state index contributed by atoms with van der Waals surface area (Å²) in [5.41, 5.74) is 3.57. The second-order valence-electron chi connectivity index (χ2n) is 5.86. The van der Waals surface area contributed by atoms with Crippen LogP contribution in [0.1, 0.15) is 27.4 Å². The summed E-state index contributed by atoms with van der Waals surface area (Å²) in [5.74, 6) is -0.257. The number of amides is 1.